The number of ether oxygens (including phenoxy) is 1. The molecule has 114 valence electrons. The predicted octanol–water partition coefficient (Wildman–Crippen LogP) is 0.864. The number of amides is 2. The van der Waals surface area contributed by atoms with Crippen molar-refractivity contribution in [3.05, 3.63) is 24.3 Å². The zero-order chi connectivity index (χ0) is 15.8. The number of carbonyl (C=O) groups excluding carboxylic acids is 3. The van der Waals surface area contributed by atoms with Gasteiger partial charge in [-0.2, -0.15) is 0 Å². The van der Waals surface area contributed by atoms with Crippen LogP contribution in [0.25, 0.3) is 0 Å². The van der Waals surface area contributed by atoms with Gasteiger partial charge in [0.25, 0.3) is 5.91 Å². The lowest BCUT2D eigenvalue weighted by Gasteiger charge is -2.11. The van der Waals surface area contributed by atoms with Gasteiger partial charge < -0.3 is 21.1 Å². The molecule has 0 radical (unpaired) electrons. The molecule has 0 saturated carbocycles. The van der Waals surface area contributed by atoms with E-state index >= 15 is 0 Å². The number of rotatable bonds is 6. The highest BCUT2D eigenvalue weighted by Crippen LogP contribution is 2.14. The van der Waals surface area contributed by atoms with Gasteiger partial charge in [0.2, 0.25) is 5.91 Å². The van der Waals surface area contributed by atoms with Crippen molar-refractivity contribution in [2.24, 2.45) is 5.73 Å². The van der Waals surface area contributed by atoms with Crippen LogP contribution in [0.15, 0.2) is 24.3 Å². The maximum absolute atomic E-state index is 11.7. The number of hydrogen-bond acceptors (Lipinski definition) is 5. The fourth-order valence-electron chi connectivity index (χ4n) is 1.45. The van der Waals surface area contributed by atoms with Crippen LogP contribution in [0.3, 0.4) is 0 Å². The average molecular weight is 293 g/mol. The Labute approximate surface area is 122 Å². The number of nitrogens with two attached hydrogens (primary N) is 1. The summed E-state index contributed by atoms with van der Waals surface area (Å²) in [6.45, 7) is 3.54. The molecule has 0 heterocycles. The van der Waals surface area contributed by atoms with Crippen LogP contribution in [0.5, 0.6) is 0 Å². The highest BCUT2D eigenvalue weighted by atomic mass is 16.5. The molecule has 0 fully saturated rings. The summed E-state index contributed by atoms with van der Waals surface area (Å²) >= 11 is 0. The van der Waals surface area contributed by atoms with Crippen LogP contribution in [-0.2, 0) is 19.1 Å². The predicted molar refractivity (Wildman–Crippen MR) is 78.6 cm³/mol. The Bertz CT molecular complexity index is 513. The van der Waals surface area contributed by atoms with E-state index in [9.17, 15) is 14.4 Å². The normalized spacial score (nSPS) is 11.4. The fraction of sp³-hybridized carbons (Fsp3) is 0.357. The Morgan fingerprint density at radius 1 is 1.10 bits per heavy atom. The molecule has 1 rings (SSSR count). The lowest BCUT2D eigenvalue weighted by atomic mass is 10.2. The smallest absolute Gasteiger partial charge is 0.332 e. The minimum Gasteiger partial charge on any atom is -0.464 e. The van der Waals surface area contributed by atoms with Crippen LogP contribution in [0.2, 0.25) is 0 Å². The van der Waals surface area contributed by atoms with Gasteiger partial charge in [-0.05, 0) is 31.2 Å². The van der Waals surface area contributed by atoms with E-state index in [0.717, 1.165) is 0 Å². The van der Waals surface area contributed by atoms with Gasteiger partial charge in [0, 0.05) is 17.8 Å². The van der Waals surface area contributed by atoms with E-state index in [0.29, 0.717) is 17.8 Å². The molecule has 0 spiro atoms. The molecule has 7 nitrogen and oxygen atoms in total. The van der Waals surface area contributed by atoms with Gasteiger partial charge in [0.15, 0.2) is 6.04 Å². The first kappa shape index (κ1) is 16.6. The zero-order valence-corrected chi connectivity index (χ0v) is 12.0. The van der Waals surface area contributed by atoms with Gasteiger partial charge in [-0.1, -0.05) is 6.92 Å². The average Bonchev–Trinajstić information content (AvgIpc) is 2.48. The molecule has 0 aromatic heterocycles. The van der Waals surface area contributed by atoms with Crippen LogP contribution in [0.1, 0.15) is 20.3 Å². The third-order valence-corrected chi connectivity index (χ3v) is 2.58. The fourth-order valence-corrected chi connectivity index (χ4v) is 1.45. The SMILES string of the molecule is CCOC(=O)C(N)C(=O)Nc1ccc(NC(=O)CC)cc1. The summed E-state index contributed by atoms with van der Waals surface area (Å²) in [5, 5.41) is 5.18. The van der Waals surface area contributed by atoms with E-state index in [2.05, 4.69) is 15.4 Å². The van der Waals surface area contributed by atoms with E-state index in [1.54, 1.807) is 38.1 Å². The number of carbonyl (C=O) groups is 3. The molecule has 2 amide bonds. The number of anilines is 2. The van der Waals surface area contributed by atoms with E-state index in [4.69, 9.17) is 5.73 Å². The zero-order valence-electron chi connectivity index (χ0n) is 12.0. The Morgan fingerprint density at radius 3 is 2.10 bits per heavy atom. The third-order valence-electron chi connectivity index (χ3n) is 2.58. The third kappa shape index (κ3) is 5.23. The summed E-state index contributed by atoms with van der Waals surface area (Å²) in [4.78, 5) is 34.3. The molecular weight excluding hydrogens is 274 g/mol. The Hall–Kier alpha value is -2.41. The Morgan fingerprint density at radius 2 is 1.62 bits per heavy atom. The second-order valence-corrected chi connectivity index (χ2v) is 4.20. The Kier molecular flexibility index (Phi) is 6.35. The molecular formula is C14H19N3O4. The minimum atomic E-state index is -1.37. The molecule has 1 aromatic carbocycles. The van der Waals surface area contributed by atoms with E-state index in [1.807, 2.05) is 0 Å². The first-order chi connectivity index (χ1) is 9.97. The van der Waals surface area contributed by atoms with Crippen LogP contribution >= 0.6 is 0 Å². The van der Waals surface area contributed by atoms with Crippen LogP contribution in [-0.4, -0.2) is 30.4 Å². The molecule has 1 atom stereocenters. The second kappa shape index (κ2) is 8.01. The van der Waals surface area contributed by atoms with Crippen LogP contribution in [0, 0.1) is 0 Å². The van der Waals surface area contributed by atoms with Crippen molar-refractivity contribution in [2.75, 3.05) is 17.2 Å². The summed E-state index contributed by atoms with van der Waals surface area (Å²) in [7, 11) is 0. The standard InChI is InChI=1S/C14H19N3O4/c1-3-11(18)16-9-5-7-10(8-6-9)17-13(19)12(15)14(20)21-4-2/h5-8,12H,3-4,15H2,1-2H3,(H,16,18)(H,17,19). The van der Waals surface area contributed by atoms with Crippen molar-refractivity contribution < 1.29 is 19.1 Å². The largest absolute Gasteiger partial charge is 0.464 e. The topological polar surface area (TPSA) is 111 Å². The summed E-state index contributed by atoms with van der Waals surface area (Å²) in [5.41, 5.74) is 6.55. The van der Waals surface area contributed by atoms with Gasteiger partial charge in [0.05, 0.1) is 6.61 Å². The summed E-state index contributed by atoms with van der Waals surface area (Å²) in [5.74, 6) is -1.53. The van der Waals surface area contributed by atoms with Crippen molar-refractivity contribution in [2.45, 2.75) is 26.3 Å². The van der Waals surface area contributed by atoms with Gasteiger partial charge in [-0.25, -0.2) is 4.79 Å². The van der Waals surface area contributed by atoms with Crippen LogP contribution in [0.4, 0.5) is 11.4 Å². The maximum atomic E-state index is 11.7. The van der Waals surface area contributed by atoms with Crippen molar-refractivity contribution in [1.29, 1.82) is 0 Å². The van der Waals surface area contributed by atoms with Gasteiger partial charge in [-0.3, -0.25) is 9.59 Å². The lowest BCUT2D eigenvalue weighted by molar-refractivity contribution is -0.147. The lowest BCUT2D eigenvalue weighted by Crippen LogP contribution is -2.43. The quantitative estimate of drug-likeness (QED) is 0.532. The molecule has 0 aliphatic heterocycles. The highest BCUT2D eigenvalue weighted by molar-refractivity contribution is 6.08. The summed E-state index contributed by atoms with van der Waals surface area (Å²) in [6.07, 6.45) is 0.382. The van der Waals surface area contributed by atoms with E-state index in [-0.39, 0.29) is 12.5 Å². The van der Waals surface area contributed by atoms with Crippen molar-refractivity contribution in [3.8, 4) is 0 Å². The first-order valence-corrected chi connectivity index (χ1v) is 6.60. The minimum absolute atomic E-state index is 0.101. The van der Waals surface area contributed by atoms with Crippen molar-refractivity contribution in [3.63, 3.8) is 0 Å². The first-order valence-electron chi connectivity index (χ1n) is 6.60. The number of esters is 1. The number of benzene rings is 1. The van der Waals surface area contributed by atoms with Gasteiger partial charge >= 0.3 is 5.97 Å². The molecule has 4 N–H and O–H groups in total. The van der Waals surface area contributed by atoms with Crippen molar-refractivity contribution in [1.82, 2.24) is 0 Å². The van der Waals surface area contributed by atoms with E-state index < -0.39 is 17.9 Å². The van der Waals surface area contributed by atoms with Crippen LogP contribution < -0.4 is 16.4 Å². The highest BCUT2D eigenvalue weighted by Gasteiger charge is 2.23. The monoisotopic (exact) mass is 293 g/mol. The molecule has 0 bridgehead atoms. The van der Waals surface area contributed by atoms with Gasteiger partial charge in [0.1, 0.15) is 0 Å². The van der Waals surface area contributed by atoms with Gasteiger partial charge in [-0.15, -0.1) is 0 Å². The molecule has 1 unspecified atom stereocenters. The Balaban J connectivity index is 2.61. The molecule has 21 heavy (non-hydrogen) atoms. The van der Waals surface area contributed by atoms with Crippen molar-refractivity contribution >= 4 is 29.2 Å². The molecule has 0 saturated heterocycles. The molecule has 7 heteroatoms. The second-order valence-electron chi connectivity index (χ2n) is 4.20. The van der Waals surface area contributed by atoms with E-state index in [1.165, 1.54) is 0 Å². The number of hydrogen-bond donors (Lipinski definition) is 3. The summed E-state index contributed by atoms with van der Waals surface area (Å²) < 4.78 is 4.67. The molecule has 1 aromatic rings. The number of nitrogens with one attached hydrogen (secondary N) is 2. The summed E-state index contributed by atoms with van der Waals surface area (Å²) in [6, 6.07) is 5.10. The molecule has 0 aliphatic carbocycles. The molecule has 0 aliphatic rings. The maximum Gasteiger partial charge on any atom is 0.332 e.